The van der Waals surface area contributed by atoms with Crippen molar-refractivity contribution in [2.24, 2.45) is 0 Å². The van der Waals surface area contributed by atoms with Gasteiger partial charge in [0.2, 0.25) is 0 Å². The largest absolute Gasteiger partial charge is 0.497 e. The molecule has 0 saturated carbocycles. The highest BCUT2D eigenvalue weighted by Gasteiger charge is 2.18. The Morgan fingerprint density at radius 1 is 1.24 bits per heavy atom. The number of carbonyl (C=O) groups is 1. The molecule has 6 nitrogen and oxygen atoms in total. The van der Waals surface area contributed by atoms with E-state index in [0.717, 1.165) is 33.7 Å². The van der Waals surface area contributed by atoms with Crippen molar-refractivity contribution in [2.75, 3.05) is 7.11 Å². The van der Waals surface area contributed by atoms with Crippen LogP contribution in [-0.2, 0) is 13.1 Å². The lowest BCUT2D eigenvalue weighted by Gasteiger charge is -2.09. The van der Waals surface area contributed by atoms with Crippen LogP contribution < -0.4 is 10.1 Å². The van der Waals surface area contributed by atoms with Crippen molar-refractivity contribution in [2.45, 2.75) is 33.9 Å². The Morgan fingerprint density at radius 2 is 1.96 bits per heavy atom. The van der Waals surface area contributed by atoms with E-state index in [1.54, 1.807) is 7.11 Å². The van der Waals surface area contributed by atoms with Gasteiger partial charge in [-0.15, -0.1) is 0 Å². The number of carbonyl (C=O) groups excluding carboxylic acids is 1. The molecule has 0 unspecified atom stereocenters. The van der Waals surface area contributed by atoms with Crippen molar-refractivity contribution in [3.8, 4) is 5.75 Å². The van der Waals surface area contributed by atoms with Gasteiger partial charge in [0.15, 0.2) is 5.65 Å². The number of amides is 1. The van der Waals surface area contributed by atoms with E-state index in [2.05, 4.69) is 15.4 Å². The van der Waals surface area contributed by atoms with Crippen LogP contribution >= 0.6 is 0 Å². The van der Waals surface area contributed by atoms with Gasteiger partial charge in [-0.25, -0.2) is 9.67 Å². The van der Waals surface area contributed by atoms with Gasteiger partial charge < -0.3 is 10.1 Å². The molecule has 0 saturated heterocycles. The minimum atomic E-state index is -0.120. The molecule has 0 radical (unpaired) electrons. The predicted octanol–water partition coefficient (Wildman–Crippen LogP) is 3.01. The molecule has 2 heterocycles. The standard InChI is InChI=1S/C19H22N4O2/c1-5-23-18-17(13(3)22-23)16(10-12(2)21-18)19(24)20-11-14-6-8-15(25-4)9-7-14/h6-10H,5,11H2,1-4H3,(H,20,24). The molecule has 2 aromatic heterocycles. The molecule has 3 rings (SSSR count). The second-order valence-corrected chi connectivity index (χ2v) is 5.94. The van der Waals surface area contributed by atoms with Crippen molar-refractivity contribution in [3.63, 3.8) is 0 Å². The van der Waals surface area contributed by atoms with Crippen molar-refractivity contribution in [1.82, 2.24) is 20.1 Å². The number of fused-ring (bicyclic) bond motifs is 1. The number of methoxy groups -OCH3 is 1. The molecule has 6 heteroatoms. The highest BCUT2D eigenvalue weighted by atomic mass is 16.5. The number of nitrogens with one attached hydrogen (secondary N) is 1. The topological polar surface area (TPSA) is 69.0 Å². The zero-order valence-corrected chi connectivity index (χ0v) is 15.0. The molecule has 1 amide bonds. The van der Waals surface area contributed by atoms with Crippen LogP contribution in [-0.4, -0.2) is 27.8 Å². The summed E-state index contributed by atoms with van der Waals surface area (Å²) < 4.78 is 6.98. The summed E-state index contributed by atoms with van der Waals surface area (Å²) in [5.74, 6) is 0.675. The molecule has 0 aliphatic rings. The van der Waals surface area contributed by atoms with Crippen LogP contribution in [0, 0.1) is 13.8 Å². The zero-order chi connectivity index (χ0) is 18.0. The van der Waals surface area contributed by atoms with Gasteiger partial charge in [-0.2, -0.15) is 5.10 Å². The van der Waals surface area contributed by atoms with Crippen molar-refractivity contribution in [3.05, 3.63) is 52.8 Å². The molecule has 130 valence electrons. The molecular weight excluding hydrogens is 316 g/mol. The first-order valence-electron chi connectivity index (χ1n) is 8.29. The second-order valence-electron chi connectivity index (χ2n) is 5.94. The highest BCUT2D eigenvalue weighted by Crippen LogP contribution is 2.22. The quantitative estimate of drug-likeness (QED) is 0.776. The smallest absolute Gasteiger partial charge is 0.252 e. The van der Waals surface area contributed by atoms with Gasteiger partial charge in [0.1, 0.15) is 5.75 Å². The third-order valence-electron chi connectivity index (χ3n) is 4.16. The number of aryl methyl sites for hydroxylation is 3. The lowest BCUT2D eigenvalue weighted by atomic mass is 10.1. The van der Waals surface area contributed by atoms with Gasteiger partial charge in [0, 0.05) is 18.8 Å². The van der Waals surface area contributed by atoms with E-state index in [9.17, 15) is 4.79 Å². The first-order chi connectivity index (χ1) is 12.0. The molecule has 0 atom stereocenters. The maximum absolute atomic E-state index is 12.8. The second kappa shape index (κ2) is 6.93. The van der Waals surface area contributed by atoms with E-state index in [0.29, 0.717) is 18.7 Å². The maximum Gasteiger partial charge on any atom is 0.252 e. The van der Waals surface area contributed by atoms with Crippen LogP contribution in [0.3, 0.4) is 0 Å². The molecule has 1 N–H and O–H groups in total. The third kappa shape index (κ3) is 3.33. The minimum Gasteiger partial charge on any atom is -0.497 e. The number of hydrogen-bond donors (Lipinski definition) is 1. The summed E-state index contributed by atoms with van der Waals surface area (Å²) in [6.07, 6.45) is 0. The first kappa shape index (κ1) is 17.0. The van der Waals surface area contributed by atoms with Crippen molar-refractivity contribution in [1.29, 1.82) is 0 Å². The summed E-state index contributed by atoms with van der Waals surface area (Å²) in [5, 5.41) is 8.29. The average molecular weight is 338 g/mol. The molecule has 1 aromatic carbocycles. The van der Waals surface area contributed by atoms with E-state index in [1.165, 1.54) is 0 Å². The Balaban J connectivity index is 1.87. The summed E-state index contributed by atoms with van der Waals surface area (Å²) in [7, 11) is 1.63. The first-order valence-corrected chi connectivity index (χ1v) is 8.29. The fourth-order valence-electron chi connectivity index (χ4n) is 2.90. The van der Waals surface area contributed by atoms with Crippen LogP contribution in [0.4, 0.5) is 0 Å². The lowest BCUT2D eigenvalue weighted by molar-refractivity contribution is 0.0952. The highest BCUT2D eigenvalue weighted by molar-refractivity contribution is 6.06. The summed E-state index contributed by atoms with van der Waals surface area (Å²) in [4.78, 5) is 17.3. The Morgan fingerprint density at radius 3 is 2.60 bits per heavy atom. The summed E-state index contributed by atoms with van der Waals surface area (Å²) in [5.41, 5.74) is 4.01. The van der Waals surface area contributed by atoms with Gasteiger partial charge in [0.25, 0.3) is 5.91 Å². The summed E-state index contributed by atoms with van der Waals surface area (Å²) in [6.45, 7) is 6.98. The van der Waals surface area contributed by atoms with E-state index in [4.69, 9.17) is 4.74 Å². The van der Waals surface area contributed by atoms with Crippen LogP contribution in [0.1, 0.15) is 34.2 Å². The Kier molecular flexibility index (Phi) is 4.70. The average Bonchev–Trinajstić information content (AvgIpc) is 2.95. The monoisotopic (exact) mass is 338 g/mol. The molecule has 3 aromatic rings. The summed E-state index contributed by atoms with van der Waals surface area (Å²) in [6, 6.07) is 9.46. The number of nitrogens with zero attached hydrogens (tertiary/aromatic N) is 3. The molecule has 0 aliphatic carbocycles. The number of ether oxygens (including phenoxy) is 1. The molecule has 0 spiro atoms. The van der Waals surface area contributed by atoms with Crippen LogP contribution in [0.5, 0.6) is 5.75 Å². The van der Waals surface area contributed by atoms with Gasteiger partial charge in [-0.1, -0.05) is 12.1 Å². The van der Waals surface area contributed by atoms with E-state index in [1.807, 2.05) is 55.8 Å². The fourth-order valence-corrected chi connectivity index (χ4v) is 2.90. The Bertz CT molecular complexity index is 913. The zero-order valence-electron chi connectivity index (χ0n) is 15.0. The van der Waals surface area contributed by atoms with Gasteiger partial charge in [-0.05, 0) is 44.5 Å². The normalized spacial score (nSPS) is 10.9. The number of aromatic nitrogens is 3. The Hall–Kier alpha value is -2.89. The SMILES string of the molecule is CCn1nc(C)c2c(C(=O)NCc3ccc(OC)cc3)cc(C)nc21. The van der Waals surface area contributed by atoms with E-state index >= 15 is 0 Å². The van der Waals surface area contributed by atoms with E-state index < -0.39 is 0 Å². The van der Waals surface area contributed by atoms with Crippen molar-refractivity contribution < 1.29 is 9.53 Å². The van der Waals surface area contributed by atoms with Gasteiger partial charge in [-0.3, -0.25) is 4.79 Å². The maximum atomic E-state index is 12.8. The predicted molar refractivity (Wildman–Crippen MR) is 96.8 cm³/mol. The molecule has 0 aliphatic heterocycles. The fraction of sp³-hybridized carbons (Fsp3) is 0.316. The van der Waals surface area contributed by atoms with E-state index in [-0.39, 0.29) is 5.91 Å². The Labute approximate surface area is 146 Å². The van der Waals surface area contributed by atoms with Gasteiger partial charge in [0.05, 0.1) is 23.8 Å². The molecular formula is C19H22N4O2. The number of hydrogen-bond acceptors (Lipinski definition) is 4. The van der Waals surface area contributed by atoms with Crippen molar-refractivity contribution >= 4 is 16.9 Å². The van der Waals surface area contributed by atoms with Gasteiger partial charge >= 0.3 is 0 Å². The third-order valence-corrected chi connectivity index (χ3v) is 4.16. The molecule has 25 heavy (non-hydrogen) atoms. The lowest BCUT2D eigenvalue weighted by Crippen LogP contribution is -2.23. The molecule has 0 bridgehead atoms. The number of rotatable bonds is 5. The van der Waals surface area contributed by atoms with Crippen LogP contribution in [0.2, 0.25) is 0 Å². The minimum absolute atomic E-state index is 0.120. The number of pyridine rings is 1. The van der Waals surface area contributed by atoms with Crippen LogP contribution in [0.15, 0.2) is 30.3 Å². The van der Waals surface area contributed by atoms with Crippen LogP contribution in [0.25, 0.3) is 11.0 Å². The molecule has 0 fully saturated rings. The number of benzene rings is 1. The summed E-state index contributed by atoms with van der Waals surface area (Å²) >= 11 is 0.